The van der Waals surface area contributed by atoms with Crippen molar-refractivity contribution in [2.45, 2.75) is 238 Å². The van der Waals surface area contributed by atoms with Gasteiger partial charge in [-0.15, -0.1) is 0 Å². The lowest BCUT2D eigenvalue weighted by atomic mass is 10.0. The molecule has 384 valence electrons. The first-order valence-corrected chi connectivity index (χ1v) is 27.7. The number of ether oxygens (including phenoxy) is 2. The number of rotatable bonds is 49. The molecule has 0 saturated heterocycles. The Hall–Kier alpha value is -3.96. The maximum atomic E-state index is 12.3. The van der Waals surface area contributed by atoms with Gasteiger partial charge in [0.25, 0.3) is 0 Å². The number of aliphatic hydroxyl groups excluding tert-OH is 1. The molecule has 0 fully saturated rings. The summed E-state index contributed by atoms with van der Waals surface area (Å²) in [6.07, 6.45) is 85.6. The van der Waals surface area contributed by atoms with E-state index < -0.39 is 6.10 Å². The number of carbonyl (C=O) groups excluding carboxylic acids is 2. The van der Waals surface area contributed by atoms with Crippen molar-refractivity contribution in [2.24, 2.45) is 0 Å². The maximum absolute atomic E-state index is 12.3. The number of aliphatic hydroxyl groups is 1. The highest BCUT2D eigenvalue weighted by atomic mass is 16.6. The van der Waals surface area contributed by atoms with Gasteiger partial charge in [-0.1, -0.05) is 244 Å². The van der Waals surface area contributed by atoms with Crippen molar-refractivity contribution in [1.82, 2.24) is 0 Å². The van der Waals surface area contributed by atoms with E-state index >= 15 is 0 Å². The quantitative estimate of drug-likeness (QED) is 0.0374. The standard InChI is InChI=1S/C63H102O5/c1-3-5-7-9-11-13-15-17-19-21-22-23-24-25-26-27-28-29-30-31-32-33-34-35-36-37-38-39-40-42-44-46-48-50-52-54-56-58-63(66)68-61(59-64)60-67-62(65)57-55-53-51-49-47-45-43-41-20-18-16-14-12-10-8-6-4-2/h5-8,11-14,17-20,22-23,25-26,28-29,31-32,43,45,61,64H,3-4,9-10,15-16,21,24,27,30,33-42,44,46-60H2,1-2H3/b7-5-,8-6-,13-11-,14-12-,19-17-,20-18-,23-22-,26-25-,29-28-,32-31-,45-43-. The molecule has 0 radical (unpaired) electrons. The number of allylic oxidation sites excluding steroid dienone is 22. The molecule has 0 aliphatic heterocycles. The number of hydrogen-bond donors (Lipinski definition) is 1. The molecule has 0 aromatic rings. The van der Waals surface area contributed by atoms with E-state index in [0.717, 1.165) is 122 Å². The second kappa shape index (κ2) is 57.4. The van der Waals surface area contributed by atoms with Crippen LogP contribution < -0.4 is 0 Å². The Labute approximate surface area is 419 Å². The minimum atomic E-state index is -0.791. The van der Waals surface area contributed by atoms with Crippen molar-refractivity contribution in [2.75, 3.05) is 13.2 Å². The molecule has 0 bridgehead atoms. The van der Waals surface area contributed by atoms with Gasteiger partial charge < -0.3 is 14.6 Å². The number of esters is 2. The molecule has 68 heavy (non-hydrogen) atoms. The van der Waals surface area contributed by atoms with E-state index in [0.29, 0.717) is 12.8 Å². The number of carbonyl (C=O) groups is 2. The van der Waals surface area contributed by atoms with Gasteiger partial charge in [0.15, 0.2) is 6.10 Å². The fourth-order valence-electron chi connectivity index (χ4n) is 7.35. The van der Waals surface area contributed by atoms with Crippen molar-refractivity contribution >= 4 is 11.9 Å². The molecule has 1 N–H and O–H groups in total. The van der Waals surface area contributed by atoms with Gasteiger partial charge in [-0.2, -0.15) is 0 Å². The van der Waals surface area contributed by atoms with Crippen molar-refractivity contribution < 1.29 is 24.2 Å². The molecule has 0 amide bonds. The van der Waals surface area contributed by atoms with Crippen LogP contribution in [0.25, 0.3) is 0 Å². The van der Waals surface area contributed by atoms with Gasteiger partial charge in [0.2, 0.25) is 0 Å². The molecule has 0 heterocycles. The van der Waals surface area contributed by atoms with Crippen molar-refractivity contribution in [1.29, 1.82) is 0 Å². The highest BCUT2D eigenvalue weighted by Crippen LogP contribution is 2.15. The maximum Gasteiger partial charge on any atom is 0.306 e. The van der Waals surface area contributed by atoms with Gasteiger partial charge in [-0.05, 0) is 109 Å². The molecule has 5 heteroatoms. The Balaban J connectivity index is 3.54. The Morgan fingerprint density at radius 3 is 0.882 bits per heavy atom. The summed E-state index contributed by atoms with van der Waals surface area (Å²) in [5, 5.41) is 9.63. The molecule has 0 aliphatic rings. The first-order valence-electron chi connectivity index (χ1n) is 27.7. The van der Waals surface area contributed by atoms with E-state index in [1.807, 2.05) is 0 Å². The van der Waals surface area contributed by atoms with E-state index in [2.05, 4.69) is 148 Å². The smallest absolute Gasteiger partial charge is 0.306 e. The zero-order chi connectivity index (χ0) is 49.2. The third kappa shape index (κ3) is 54.6. The molecule has 0 saturated carbocycles. The predicted octanol–water partition coefficient (Wildman–Crippen LogP) is 18.9. The third-order valence-electron chi connectivity index (χ3n) is 11.4. The average molecular weight is 940 g/mol. The molecule has 5 nitrogen and oxygen atoms in total. The molecule has 0 aromatic heterocycles. The second-order valence-electron chi connectivity index (χ2n) is 17.9. The van der Waals surface area contributed by atoms with Crippen molar-refractivity contribution in [3.8, 4) is 0 Å². The van der Waals surface area contributed by atoms with E-state index in [4.69, 9.17) is 9.47 Å². The largest absolute Gasteiger partial charge is 0.462 e. The summed E-state index contributed by atoms with van der Waals surface area (Å²) in [4.78, 5) is 24.5. The summed E-state index contributed by atoms with van der Waals surface area (Å²) in [6.45, 7) is 3.89. The zero-order valence-corrected chi connectivity index (χ0v) is 43.8. The SMILES string of the molecule is CC/C=C\C/C=C\C/C=C\C/C=C\C/C=C\C/C=C\C/C=C\CCCCCCCCCCCCCCCCCC(=O)OC(CO)COC(=O)CCCCCC/C=C\C/C=C\C/C=C\C/C=C\CC. The summed E-state index contributed by atoms with van der Waals surface area (Å²) in [7, 11) is 0. The van der Waals surface area contributed by atoms with Crippen LogP contribution in [-0.4, -0.2) is 36.4 Å². The van der Waals surface area contributed by atoms with E-state index in [1.165, 1.54) is 83.5 Å². The normalized spacial score (nSPS) is 13.3. The molecular formula is C63H102O5. The van der Waals surface area contributed by atoms with Gasteiger partial charge in [0, 0.05) is 12.8 Å². The molecule has 1 unspecified atom stereocenters. The van der Waals surface area contributed by atoms with Crippen LogP contribution in [0.5, 0.6) is 0 Å². The van der Waals surface area contributed by atoms with Crippen LogP contribution in [0.4, 0.5) is 0 Å². The average Bonchev–Trinajstić information content (AvgIpc) is 3.34. The highest BCUT2D eigenvalue weighted by Gasteiger charge is 2.16. The first-order chi connectivity index (χ1) is 33.6. The second-order valence-corrected chi connectivity index (χ2v) is 17.9. The minimum absolute atomic E-state index is 0.0847. The summed E-state index contributed by atoms with van der Waals surface area (Å²) in [5.74, 6) is -0.623. The molecule has 1 atom stereocenters. The number of hydrogen-bond acceptors (Lipinski definition) is 5. The van der Waals surface area contributed by atoms with Gasteiger partial charge in [-0.3, -0.25) is 9.59 Å². The summed E-state index contributed by atoms with van der Waals surface area (Å²) in [6, 6.07) is 0. The Morgan fingerprint density at radius 2 is 0.588 bits per heavy atom. The first kappa shape index (κ1) is 64.0. The number of unbranched alkanes of at least 4 members (excludes halogenated alkanes) is 19. The Kier molecular flexibility index (Phi) is 54.0. The lowest BCUT2D eigenvalue weighted by Crippen LogP contribution is -2.28. The minimum Gasteiger partial charge on any atom is -0.462 e. The van der Waals surface area contributed by atoms with E-state index in [9.17, 15) is 14.7 Å². The monoisotopic (exact) mass is 939 g/mol. The molecule has 0 aliphatic carbocycles. The van der Waals surface area contributed by atoms with E-state index in [-0.39, 0.29) is 25.2 Å². The van der Waals surface area contributed by atoms with Gasteiger partial charge in [0.05, 0.1) is 6.61 Å². The van der Waals surface area contributed by atoms with Gasteiger partial charge in [-0.25, -0.2) is 0 Å². The van der Waals surface area contributed by atoms with Crippen molar-refractivity contribution in [3.63, 3.8) is 0 Å². The van der Waals surface area contributed by atoms with Crippen LogP contribution in [0, 0.1) is 0 Å². The summed E-state index contributed by atoms with van der Waals surface area (Å²) in [5.41, 5.74) is 0. The van der Waals surface area contributed by atoms with Crippen LogP contribution in [0.2, 0.25) is 0 Å². The van der Waals surface area contributed by atoms with Gasteiger partial charge in [0.1, 0.15) is 6.61 Å². The highest BCUT2D eigenvalue weighted by molar-refractivity contribution is 5.70. The third-order valence-corrected chi connectivity index (χ3v) is 11.4. The van der Waals surface area contributed by atoms with Gasteiger partial charge >= 0.3 is 11.9 Å². The Morgan fingerprint density at radius 1 is 0.338 bits per heavy atom. The fourth-order valence-corrected chi connectivity index (χ4v) is 7.35. The molecule has 0 rings (SSSR count). The topological polar surface area (TPSA) is 72.8 Å². The summed E-state index contributed by atoms with van der Waals surface area (Å²) >= 11 is 0. The van der Waals surface area contributed by atoms with Crippen LogP contribution >= 0.6 is 0 Å². The van der Waals surface area contributed by atoms with E-state index in [1.54, 1.807) is 0 Å². The van der Waals surface area contributed by atoms with Crippen LogP contribution in [-0.2, 0) is 19.1 Å². The van der Waals surface area contributed by atoms with Crippen molar-refractivity contribution in [3.05, 3.63) is 134 Å². The van der Waals surface area contributed by atoms with Crippen LogP contribution in [0.15, 0.2) is 134 Å². The molecular weight excluding hydrogens is 837 g/mol. The van der Waals surface area contributed by atoms with Crippen LogP contribution in [0.1, 0.15) is 232 Å². The lowest BCUT2D eigenvalue weighted by Gasteiger charge is -2.15. The fraction of sp³-hybridized carbons (Fsp3) is 0.619. The van der Waals surface area contributed by atoms with Crippen LogP contribution in [0.3, 0.4) is 0 Å². The Bertz CT molecular complexity index is 1430. The lowest BCUT2D eigenvalue weighted by molar-refractivity contribution is -0.161. The summed E-state index contributed by atoms with van der Waals surface area (Å²) < 4.78 is 10.7. The molecule has 0 aromatic carbocycles. The zero-order valence-electron chi connectivity index (χ0n) is 43.8. The molecule has 0 spiro atoms. The predicted molar refractivity (Wildman–Crippen MR) is 297 cm³/mol.